The van der Waals surface area contributed by atoms with Crippen molar-refractivity contribution in [2.45, 2.75) is 25.3 Å². The van der Waals surface area contributed by atoms with Crippen LogP contribution >= 0.6 is 0 Å². The average Bonchev–Trinajstić information content (AvgIpc) is 2.49. The van der Waals surface area contributed by atoms with Gasteiger partial charge in [-0.15, -0.1) is 0 Å². The number of hydrogen-bond donors (Lipinski definition) is 1. The zero-order valence-corrected chi connectivity index (χ0v) is 8.90. The summed E-state index contributed by atoms with van der Waals surface area (Å²) in [5.41, 5.74) is 7.16. The van der Waals surface area contributed by atoms with E-state index in [9.17, 15) is 0 Å². The van der Waals surface area contributed by atoms with Crippen LogP contribution in [0.2, 0.25) is 0 Å². The van der Waals surface area contributed by atoms with Gasteiger partial charge in [0, 0.05) is 18.7 Å². The smallest absolute Gasteiger partial charge is 0.126 e. The summed E-state index contributed by atoms with van der Waals surface area (Å²) in [6.45, 7) is 1.17. The third-order valence-corrected chi connectivity index (χ3v) is 3.14. The van der Waals surface area contributed by atoms with Crippen LogP contribution in [0.3, 0.4) is 0 Å². The summed E-state index contributed by atoms with van der Waals surface area (Å²) in [5.74, 6) is 0.809. The number of aromatic nitrogens is 2. The lowest BCUT2D eigenvalue weighted by atomic mass is 9.98. The van der Waals surface area contributed by atoms with E-state index in [1.165, 1.54) is 31.4 Å². The third kappa shape index (κ3) is 1.50. The lowest BCUT2D eigenvalue weighted by Gasteiger charge is -2.32. The van der Waals surface area contributed by atoms with Gasteiger partial charge in [-0.05, 0) is 26.4 Å². The first-order chi connectivity index (χ1) is 6.70. The van der Waals surface area contributed by atoms with Crippen LogP contribution in [0.4, 0.5) is 5.82 Å². The number of nitrogens with two attached hydrogens (primary N) is 1. The van der Waals surface area contributed by atoms with Gasteiger partial charge in [-0.3, -0.25) is 9.58 Å². The van der Waals surface area contributed by atoms with Crippen LogP contribution in [-0.2, 0) is 7.05 Å². The number of nitrogen functional groups attached to an aromatic ring is 1. The van der Waals surface area contributed by atoms with Crippen molar-refractivity contribution < 1.29 is 0 Å². The SMILES string of the molecule is CN1CCCCC1c1cnn(C)c1N. The number of hydrogen-bond acceptors (Lipinski definition) is 3. The van der Waals surface area contributed by atoms with Gasteiger partial charge in [-0.25, -0.2) is 0 Å². The Bertz CT molecular complexity index is 318. The molecule has 1 fully saturated rings. The zero-order valence-electron chi connectivity index (χ0n) is 8.90. The normalized spacial score (nSPS) is 24.0. The van der Waals surface area contributed by atoms with Crippen molar-refractivity contribution in [3.63, 3.8) is 0 Å². The number of rotatable bonds is 1. The van der Waals surface area contributed by atoms with Gasteiger partial charge in [0.25, 0.3) is 0 Å². The molecule has 0 saturated carbocycles. The summed E-state index contributed by atoms with van der Waals surface area (Å²) >= 11 is 0. The summed E-state index contributed by atoms with van der Waals surface area (Å²) < 4.78 is 1.75. The van der Waals surface area contributed by atoms with Gasteiger partial charge in [0.2, 0.25) is 0 Å². The molecule has 0 radical (unpaired) electrons. The van der Waals surface area contributed by atoms with Crippen molar-refractivity contribution in [3.05, 3.63) is 11.8 Å². The van der Waals surface area contributed by atoms with Gasteiger partial charge in [0.05, 0.1) is 6.20 Å². The molecule has 78 valence electrons. The van der Waals surface area contributed by atoms with Gasteiger partial charge in [-0.1, -0.05) is 6.42 Å². The van der Waals surface area contributed by atoms with E-state index in [0.29, 0.717) is 6.04 Å². The highest BCUT2D eigenvalue weighted by molar-refractivity contribution is 5.40. The number of anilines is 1. The molecule has 1 aromatic heterocycles. The Morgan fingerprint density at radius 2 is 2.21 bits per heavy atom. The molecule has 1 unspecified atom stereocenters. The first kappa shape index (κ1) is 9.52. The molecule has 1 aliphatic rings. The number of piperidine rings is 1. The van der Waals surface area contributed by atoms with Gasteiger partial charge in [0.1, 0.15) is 5.82 Å². The molecule has 14 heavy (non-hydrogen) atoms. The molecular formula is C10H18N4. The molecule has 0 bridgehead atoms. The van der Waals surface area contributed by atoms with E-state index in [4.69, 9.17) is 5.73 Å². The van der Waals surface area contributed by atoms with Gasteiger partial charge in [-0.2, -0.15) is 5.10 Å². The predicted octanol–water partition coefficient (Wildman–Crippen LogP) is 1.16. The summed E-state index contributed by atoms with van der Waals surface area (Å²) in [4.78, 5) is 2.37. The van der Waals surface area contributed by atoms with E-state index < -0.39 is 0 Å². The summed E-state index contributed by atoms with van der Waals surface area (Å²) in [6.07, 6.45) is 5.70. The van der Waals surface area contributed by atoms with Gasteiger partial charge in [0.15, 0.2) is 0 Å². The maximum Gasteiger partial charge on any atom is 0.126 e. The van der Waals surface area contributed by atoms with Gasteiger partial charge < -0.3 is 5.73 Å². The lowest BCUT2D eigenvalue weighted by molar-refractivity contribution is 0.188. The van der Waals surface area contributed by atoms with E-state index >= 15 is 0 Å². The van der Waals surface area contributed by atoms with Crippen molar-refractivity contribution in [1.82, 2.24) is 14.7 Å². The third-order valence-electron chi connectivity index (χ3n) is 3.14. The Kier molecular flexibility index (Phi) is 2.46. The Morgan fingerprint density at radius 3 is 2.79 bits per heavy atom. The number of nitrogens with zero attached hydrogens (tertiary/aromatic N) is 3. The molecule has 1 atom stereocenters. The molecule has 4 heteroatoms. The van der Waals surface area contributed by atoms with Crippen LogP contribution in [0.1, 0.15) is 30.9 Å². The van der Waals surface area contributed by atoms with Crippen molar-refractivity contribution in [1.29, 1.82) is 0 Å². The largest absolute Gasteiger partial charge is 0.384 e. The maximum absolute atomic E-state index is 5.97. The van der Waals surface area contributed by atoms with E-state index in [1.54, 1.807) is 4.68 Å². The Balaban J connectivity index is 2.24. The maximum atomic E-state index is 5.97. The highest BCUT2D eigenvalue weighted by Gasteiger charge is 2.23. The molecule has 2 heterocycles. The second kappa shape index (κ2) is 3.61. The monoisotopic (exact) mass is 194 g/mol. The van der Waals surface area contributed by atoms with Crippen LogP contribution < -0.4 is 5.73 Å². The fraction of sp³-hybridized carbons (Fsp3) is 0.700. The van der Waals surface area contributed by atoms with Crippen molar-refractivity contribution in [3.8, 4) is 0 Å². The fourth-order valence-corrected chi connectivity index (χ4v) is 2.19. The molecule has 2 rings (SSSR count). The first-order valence-electron chi connectivity index (χ1n) is 5.17. The van der Waals surface area contributed by atoms with Crippen molar-refractivity contribution >= 4 is 5.82 Å². The molecule has 0 aromatic carbocycles. The van der Waals surface area contributed by atoms with Crippen LogP contribution in [0.25, 0.3) is 0 Å². The molecule has 4 nitrogen and oxygen atoms in total. The Labute approximate surface area is 84.7 Å². The van der Waals surface area contributed by atoms with E-state index in [2.05, 4.69) is 17.0 Å². The topological polar surface area (TPSA) is 47.1 Å². The van der Waals surface area contributed by atoms with Gasteiger partial charge >= 0.3 is 0 Å². The minimum Gasteiger partial charge on any atom is -0.384 e. The van der Waals surface area contributed by atoms with E-state index in [-0.39, 0.29) is 0 Å². The highest BCUT2D eigenvalue weighted by atomic mass is 15.3. The molecule has 0 spiro atoms. The standard InChI is InChI=1S/C10H18N4/c1-13-6-4-3-5-9(13)8-7-12-14(2)10(8)11/h7,9H,3-6,11H2,1-2H3. The van der Waals surface area contributed by atoms with Crippen LogP contribution in [-0.4, -0.2) is 28.3 Å². The second-order valence-electron chi connectivity index (χ2n) is 4.10. The molecule has 0 aliphatic carbocycles. The van der Waals surface area contributed by atoms with Crippen LogP contribution in [0.5, 0.6) is 0 Å². The van der Waals surface area contributed by atoms with E-state index in [0.717, 1.165) is 5.82 Å². The quantitative estimate of drug-likeness (QED) is 0.729. The Morgan fingerprint density at radius 1 is 1.43 bits per heavy atom. The first-order valence-corrected chi connectivity index (χ1v) is 5.17. The molecule has 1 aliphatic heterocycles. The average molecular weight is 194 g/mol. The second-order valence-corrected chi connectivity index (χ2v) is 4.10. The molecule has 1 saturated heterocycles. The minimum atomic E-state index is 0.470. The summed E-state index contributed by atoms with van der Waals surface area (Å²) in [7, 11) is 4.05. The molecular weight excluding hydrogens is 176 g/mol. The highest BCUT2D eigenvalue weighted by Crippen LogP contribution is 2.32. The van der Waals surface area contributed by atoms with E-state index in [1.807, 2.05) is 13.2 Å². The minimum absolute atomic E-state index is 0.470. The van der Waals surface area contributed by atoms with Crippen LogP contribution in [0.15, 0.2) is 6.20 Å². The number of aryl methyl sites for hydroxylation is 1. The zero-order chi connectivity index (χ0) is 10.1. The predicted molar refractivity (Wildman–Crippen MR) is 56.8 cm³/mol. The molecule has 1 aromatic rings. The molecule has 0 amide bonds. The lowest BCUT2D eigenvalue weighted by Crippen LogP contribution is -2.29. The fourth-order valence-electron chi connectivity index (χ4n) is 2.19. The Hall–Kier alpha value is -1.03. The summed E-state index contributed by atoms with van der Waals surface area (Å²) in [6, 6.07) is 0.470. The van der Waals surface area contributed by atoms with Crippen molar-refractivity contribution in [2.75, 3.05) is 19.3 Å². The van der Waals surface area contributed by atoms with Crippen molar-refractivity contribution in [2.24, 2.45) is 7.05 Å². The molecule has 2 N–H and O–H groups in total. The summed E-state index contributed by atoms with van der Waals surface area (Å²) in [5, 5.41) is 4.19. The number of likely N-dealkylation sites (tertiary alicyclic amines) is 1. The van der Waals surface area contributed by atoms with Crippen LogP contribution in [0, 0.1) is 0 Å².